The summed E-state index contributed by atoms with van der Waals surface area (Å²) >= 11 is 0. The molecule has 0 aliphatic carbocycles. The van der Waals surface area contributed by atoms with Crippen LogP contribution in [0.3, 0.4) is 0 Å². The van der Waals surface area contributed by atoms with Crippen molar-refractivity contribution in [2.75, 3.05) is 26.2 Å². The molecule has 0 saturated heterocycles. The lowest BCUT2D eigenvalue weighted by molar-refractivity contribution is 0.101. The quantitative estimate of drug-likeness (QED) is 0.594. The number of aromatic hydroxyl groups is 1. The lowest BCUT2D eigenvalue weighted by atomic mass is 10.0. The molecule has 6 heteroatoms. The number of aliphatic imine (C=N–C) groups is 1. The number of H-pyrrole nitrogens is 1. The van der Waals surface area contributed by atoms with Gasteiger partial charge in [-0.25, -0.2) is 4.99 Å². The molecular formula is C24H25N3O3. The summed E-state index contributed by atoms with van der Waals surface area (Å²) in [7, 11) is 0. The fourth-order valence-corrected chi connectivity index (χ4v) is 3.72. The molecule has 0 spiro atoms. The van der Waals surface area contributed by atoms with E-state index in [9.17, 15) is 9.90 Å². The van der Waals surface area contributed by atoms with E-state index >= 15 is 0 Å². The number of benzene rings is 2. The minimum Gasteiger partial charge on any atom is -0.494 e. The number of rotatable bonds is 8. The first kappa shape index (κ1) is 19.9. The molecule has 1 amide bonds. The number of nitrogens with one attached hydrogen (secondary N) is 1. The molecular weight excluding hydrogens is 378 g/mol. The molecule has 0 radical (unpaired) electrons. The van der Waals surface area contributed by atoms with Crippen LogP contribution in [0.5, 0.6) is 11.6 Å². The monoisotopic (exact) mass is 403 g/mol. The van der Waals surface area contributed by atoms with Crippen LogP contribution < -0.4 is 4.74 Å². The van der Waals surface area contributed by atoms with Crippen LogP contribution in [0.15, 0.2) is 59.6 Å². The molecule has 154 valence electrons. The number of amides is 1. The SMILES string of the molecule is CCN(CC)CCOc1ccc(C2=NC(=O)c3c(-c4ccccc4)[nH]c(O)c32)cc1. The summed E-state index contributed by atoms with van der Waals surface area (Å²) in [5.74, 6) is 0.363. The van der Waals surface area contributed by atoms with Crippen LogP contribution in [0.1, 0.15) is 35.3 Å². The molecule has 0 bridgehead atoms. The van der Waals surface area contributed by atoms with Gasteiger partial charge in [-0.3, -0.25) is 4.79 Å². The van der Waals surface area contributed by atoms with Crippen molar-refractivity contribution in [1.82, 2.24) is 9.88 Å². The number of nitrogens with zero attached hydrogens (tertiary/aromatic N) is 2. The highest BCUT2D eigenvalue weighted by Gasteiger charge is 2.33. The summed E-state index contributed by atoms with van der Waals surface area (Å²) in [5, 5.41) is 10.5. The van der Waals surface area contributed by atoms with Gasteiger partial charge in [0.15, 0.2) is 5.88 Å². The number of carbonyl (C=O) groups excluding carboxylic acids is 1. The number of aromatic amines is 1. The second kappa shape index (κ2) is 8.55. The van der Waals surface area contributed by atoms with Crippen LogP contribution >= 0.6 is 0 Å². The van der Waals surface area contributed by atoms with Crippen molar-refractivity contribution in [3.63, 3.8) is 0 Å². The van der Waals surface area contributed by atoms with E-state index in [-0.39, 0.29) is 11.8 Å². The standard InChI is InChI=1S/C24H25N3O3/c1-3-27(4-2)14-15-30-18-12-10-17(11-13-18)22-20-19(23(28)26-22)21(25-24(20)29)16-8-6-5-7-9-16/h5-13,25,29H,3-4,14-15H2,1-2H3. The van der Waals surface area contributed by atoms with Gasteiger partial charge in [-0.05, 0) is 42.9 Å². The number of fused-ring (bicyclic) bond motifs is 1. The molecule has 2 N–H and O–H groups in total. The molecule has 0 unspecified atom stereocenters. The predicted molar refractivity (Wildman–Crippen MR) is 118 cm³/mol. The first-order chi connectivity index (χ1) is 14.6. The fraction of sp³-hybridized carbons (Fsp3) is 0.250. The Morgan fingerprint density at radius 2 is 1.67 bits per heavy atom. The highest BCUT2D eigenvalue weighted by atomic mass is 16.5. The number of carbonyl (C=O) groups is 1. The molecule has 0 atom stereocenters. The largest absolute Gasteiger partial charge is 0.494 e. The first-order valence-corrected chi connectivity index (χ1v) is 10.2. The van der Waals surface area contributed by atoms with Gasteiger partial charge < -0.3 is 19.7 Å². The minimum absolute atomic E-state index is 0.0481. The summed E-state index contributed by atoms with van der Waals surface area (Å²) in [6.45, 7) is 7.76. The number of hydrogen-bond donors (Lipinski definition) is 2. The van der Waals surface area contributed by atoms with Crippen molar-refractivity contribution < 1.29 is 14.6 Å². The Kier molecular flexibility index (Phi) is 5.68. The topological polar surface area (TPSA) is 77.9 Å². The van der Waals surface area contributed by atoms with Gasteiger partial charge >= 0.3 is 0 Å². The Bertz CT molecular complexity index is 1070. The molecule has 2 aromatic carbocycles. The van der Waals surface area contributed by atoms with Gasteiger partial charge in [-0.1, -0.05) is 44.2 Å². The molecule has 0 fully saturated rings. The molecule has 3 aromatic rings. The van der Waals surface area contributed by atoms with Crippen molar-refractivity contribution in [1.29, 1.82) is 0 Å². The number of ether oxygens (including phenoxy) is 1. The average Bonchev–Trinajstić information content (AvgIpc) is 3.31. The summed E-state index contributed by atoms with van der Waals surface area (Å²) in [6.07, 6.45) is 0. The lowest BCUT2D eigenvalue weighted by Crippen LogP contribution is -2.27. The Hall–Kier alpha value is -3.38. The van der Waals surface area contributed by atoms with E-state index in [0.717, 1.165) is 36.5 Å². The number of likely N-dealkylation sites (N-methyl/N-ethyl adjacent to an activating group) is 1. The van der Waals surface area contributed by atoms with Gasteiger partial charge in [-0.2, -0.15) is 0 Å². The zero-order valence-corrected chi connectivity index (χ0v) is 17.2. The maximum Gasteiger partial charge on any atom is 0.280 e. The van der Waals surface area contributed by atoms with E-state index < -0.39 is 0 Å². The van der Waals surface area contributed by atoms with E-state index in [1.54, 1.807) is 0 Å². The van der Waals surface area contributed by atoms with Crippen molar-refractivity contribution in [3.05, 3.63) is 71.3 Å². The van der Waals surface area contributed by atoms with Crippen molar-refractivity contribution in [2.45, 2.75) is 13.8 Å². The zero-order chi connectivity index (χ0) is 21.1. The van der Waals surface area contributed by atoms with Crippen LogP contribution in [-0.4, -0.2) is 52.9 Å². The Labute approximate surface area is 175 Å². The third-order valence-electron chi connectivity index (χ3n) is 5.41. The van der Waals surface area contributed by atoms with Crippen LogP contribution in [0.4, 0.5) is 0 Å². The predicted octanol–water partition coefficient (Wildman–Crippen LogP) is 4.10. The third-order valence-corrected chi connectivity index (χ3v) is 5.41. The first-order valence-electron chi connectivity index (χ1n) is 10.2. The van der Waals surface area contributed by atoms with E-state index in [2.05, 4.69) is 28.7 Å². The van der Waals surface area contributed by atoms with Crippen LogP contribution in [0.2, 0.25) is 0 Å². The lowest BCUT2D eigenvalue weighted by Gasteiger charge is -2.18. The third kappa shape index (κ3) is 3.74. The molecule has 1 aliphatic heterocycles. The average molecular weight is 403 g/mol. The van der Waals surface area contributed by atoms with E-state index in [0.29, 0.717) is 29.1 Å². The second-order valence-corrected chi connectivity index (χ2v) is 7.13. The Morgan fingerprint density at radius 3 is 2.33 bits per heavy atom. The van der Waals surface area contributed by atoms with Crippen LogP contribution in [0, 0.1) is 0 Å². The van der Waals surface area contributed by atoms with E-state index in [1.807, 2.05) is 54.6 Å². The van der Waals surface area contributed by atoms with Gasteiger partial charge in [0.05, 0.1) is 22.5 Å². The second-order valence-electron chi connectivity index (χ2n) is 7.13. The summed E-state index contributed by atoms with van der Waals surface area (Å²) in [5.41, 5.74) is 3.51. The van der Waals surface area contributed by atoms with Gasteiger partial charge in [0, 0.05) is 12.1 Å². The van der Waals surface area contributed by atoms with E-state index in [1.165, 1.54) is 0 Å². The zero-order valence-electron chi connectivity index (χ0n) is 17.2. The van der Waals surface area contributed by atoms with Crippen LogP contribution in [-0.2, 0) is 0 Å². The fourth-order valence-electron chi connectivity index (χ4n) is 3.72. The van der Waals surface area contributed by atoms with Gasteiger partial charge in [0.25, 0.3) is 5.91 Å². The summed E-state index contributed by atoms with van der Waals surface area (Å²) < 4.78 is 5.83. The normalized spacial score (nSPS) is 12.9. The molecule has 6 nitrogen and oxygen atoms in total. The molecule has 1 aromatic heterocycles. The van der Waals surface area contributed by atoms with Crippen molar-refractivity contribution in [3.8, 4) is 22.9 Å². The Morgan fingerprint density at radius 1 is 0.967 bits per heavy atom. The summed E-state index contributed by atoms with van der Waals surface area (Å²) in [4.78, 5) is 22.1. The maximum absolute atomic E-state index is 12.6. The van der Waals surface area contributed by atoms with Crippen molar-refractivity contribution >= 4 is 11.6 Å². The van der Waals surface area contributed by atoms with Crippen molar-refractivity contribution in [2.24, 2.45) is 4.99 Å². The maximum atomic E-state index is 12.6. The highest BCUT2D eigenvalue weighted by Crippen LogP contribution is 2.38. The molecule has 4 rings (SSSR count). The molecule has 1 aliphatic rings. The van der Waals surface area contributed by atoms with Crippen LogP contribution in [0.25, 0.3) is 11.3 Å². The Balaban J connectivity index is 1.55. The van der Waals surface area contributed by atoms with Gasteiger partial charge in [0.2, 0.25) is 0 Å². The van der Waals surface area contributed by atoms with Gasteiger partial charge in [0.1, 0.15) is 12.4 Å². The smallest absolute Gasteiger partial charge is 0.280 e. The highest BCUT2D eigenvalue weighted by molar-refractivity contribution is 6.30. The number of hydrogen-bond acceptors (Lipinski definition) is 4. The molecule has 30 heavy (non-hydrogen) atoms. The minimum atomic E-state index is -0.352. The van der Waals surface area contributed by atoms with E-state index in [4.69, 9.17) is 4.74 Å². The summed E-state index contributed by atoms with van der Waals surface area (Å²) in [6, 6.07) is 16.9. The van der Waals surface area contributed by atoms with Gasteiger partial charge in [-0.15, -0.1) is 0 Å². The number of aromatic nitrogens is 1. The molecule has 2 heterocycles. The molecule has 0 saturated carbocycles.